The monoisotopic (exact) mass is 254 g/mol. The summed E-state index contributed by atoms with van der Waals surface area (Å²) >= 11 is 0. The second-order valence-corrected chi connectivity index (χ2v) is 7.66. The van der Waals surface area contributed by atoms with E-state index in [9.17, 15) is 0 Å². The van der Waals surface area contributed by atoms with E-state index >= 15 is 0 Å². The Morgan fingerprint density at radius 3 is 2.22 bits per heavy atom. The summed E-state index contributed by atoms with van der Waals surface area (Å²) in [7, 11) is 0. The molecule has 0 radical (unpaired) electrons. The molecule has 0 unspecified atom stereocenters. The van der Waals surface area contributed by atoms with Crippen LogP contribution in [-0.2, 0) is 0 Å². The summed E-state index contributed by atoms with van der Waals surface area (Å²) in [5.41, 5.74) is 0.369. The molecule has 108 valence electrons. The zero-order valence-corrected chi connectivity index (χ0v) is 13.4. The van der Waals surface area contributed by atoms with E-state index in [0.29, 0.717) is 11.5 Å². The van der Waals surface area contributed by atoms with Crippen molar-refractivity contribution in [3.63, 3.8) is 0 Å². The molecule has 2 heteroatoms. The van der Waals surface area contributed by atoms with Crippen LogP contribution in [0.2, 0.25) is 0 Å². The van der Waals surface area contributed by atoms with Gasteiger partial charge in [-0.2, -0.15) is 0 Å². The van der Waals surface area contributed by atoms with Crippen molar-refractivity contribution in [2.45, 2.75) is 60.4 Å². The molecule has 1 aliphatic carbocycles. The third-order valence-corrected chi connectivity index (χ3v) is 3.71. The van der Waals surface area contributed by atoms with Gasteiger partial charge in [0, 0.05) is 25.7 Å². The molecule has 2 nitrogen and oxygen atoms in total. The highest BCUT2D eigenvalue weighted by molar-refractivity contribution is 4.83. The molecule has 18 heavy (non-hydrogen) atoms. The van der Waals surface area contributed by atoms with E-state index in [-0.39, 0.29) is 0 Å². The lowest BCUT2D eigenvalue weighted by Crippen LogP contribution is -2.44. The predicted octanol–water partition coefficient (Wildman–Crippen LogP) is 3.38. The van der Waals surface area contributed by atoms with Crippen LogP contribution in [0.4, 0.5) is 0 Å². The van der Waals surface area contributed by atoms with Crippen LogP contribution < -0.4 is 5.32 Å². The van der Waals surface area contributed by atoms with Crippen LogP contribution in [0.15, 0.2) is 0 Å². The number of hydrogen-bond donors (Lipinski definition) is 1. The zero-order valence-electron chi connectivity index (χ0n) is 13.4. The van der Waals surface area contributed by atoms with Gasteiger partial charge in [0.2, 0.25) is 0 Å². The molecule has 0 atom stereocenters. The minimum absolute atomic E-state index is 0.369. The summed E-state index contributed by atoms with van der Waals surface area (Å²) in [4.78, 5) is 2.68. The molecule has 0 aromatic heterocycles. The van der Waals surface area contributed by atoms with E-state index < -0.39 is 0 Å². The fourth-order valence-corrected chi connectivity index (χ4v) is 2.39. The predicted molar refractivity (Wildman–Crippen MR) is 80.9 cm³/mol. The maximum absolute atomic E-state index is 3.61. The first-order valence-corrected chi connectivity index (χ1v) is 7.75. The van der Waals surface area contributed by atoms with Crippen LogP contribution in [0.1, 0.15) is 54.4 Å². The molecule has 0 saturated heterocycles. The maximum Gasteiger partial charge on any atom is 0.00476 e. The Morgan fingerprint density at radius 1 is 1.17 bits per heavy atom. The van der Waals surface area contributed by atoms with Gasteiger partial charge in [-0.1, -0.05) is 27.7 Å². The van der Waals surface area contributed by atoms with Gasteiger partial charge in [-0.3, -0.25) is 0 Å². The fourth-order valence-electron chi connectivity index (χ4n) is 2.39. The quantitative estimate of drug-likeness (QED) is 0.678. The highest BCUT2D eigenvalue weighted by Gasteiger charge is 2.29. The Morgan fingerprint density at radius 2 is 1.78 bits per heavy atom. The van der Waals surface area contributed by atoms with Gasteiger partial charge in [-0.05, 0) is 50.5 Å². The highest BCUT2D eigenvalue weighted by Crippen LogP contribution is 2.31. The van der Waals surface area contributed by atoms with E-state index in [1.807, 2.05) is 0 Å². The minimum Gasteiger partial charge on any atom is -0.316 e. The second-order valence-electron chi connectivity index (χ2n) is 7.66. The van der Waals surface area contributed by atoms with Gasteiger partial charge >= 0.3 is 0 Å². The Labute approximate surface area is 115 Å². The van der Waals surface area contributed by atoms with Gasteiger partial charge in [-0.25, -0.2) is 0 Å². The Bertz CT molecular complexity index is 229. The van der Waals surface area contributed by atoms with Crippen molar-refractivity contribution in [1.82, 2.24) is 10.2 Å². The molecule has 0 bridgehead atoms. The molecule has 1 rings (SSSR count). The molecule has 0 heterocycles. The molecule has 1 aliphatic rings. The summed E-state index contributed by atoms with van der Waals surface area (Å²) in [6.07, 6.45) is 2.91. The number of hydrogen-bond acceptors (Lipinski definition) is 2. The molecular formula is C16H34N2. The van der Waals surface area contributed by atoms with Crippen molar-refractivity contribution in [1.29, 1.82) is 0 Å². The van der Waals surface area contributed by atoms with E-state index in [1.54, 1.807) is 0 Å². The van der Waals surface area contributed by atoms with Gasteiger partial charge in [0.15, 0.2) is 0 Å². The Balaban J connectivity index is 2.34. The van der Waals surface area contributed by atoms with Crippen molar-refractivity contribution < 1.29 is 0 Å². The third kappa shape index (κ3) is 6.75. The van der Waals surface area contributed by atoms with Crippen LogP contribution >= 0.6 is 0 Å². The summed E-state index contributed by atoms with van der Waals surface area (Å²) in [6.45, 7) is 18.8. The molecule has 1 fully saturated rings. The minimum atomic E-state index is 0.369. The Kier molecular flexibility index (Phi) is 6.13. The van der Waals surface area contributed by atoms with Crippen molar-refractivity contribution in [2.75, 3.05) is 26.2 Å². The fraction of sp³-hybridized carbons (Fsp3) is 1.00. The first-order valence-electron chi connectivity index (χ1n) is 7.75. The maximum atomic E-state index is 3.61. The molecular weight excluding hydrogens is 220 g/mol. The van der Waals surface area contributed by atoms with Crippen molar-refractivity contribution in [2.24, 2.45) is 17.3 Å². The van der Waals surface area contributed by atoms with Crippen molar-refractivity contribution >= 4 is 0 Å². The van der Waals surface area contributed by atoms with Crippen molar-refractivity contribution in [3.8, 4) is 0 Å². The van der Waals surface area contributed by atoms with Crippen LogP contribution in [0, 0.1) is 17.3 Å². The smallest absolute Gasteiger partial charge is 0.00476 e. The summed E-state index contributed by atoms with van der Waals surface area (Å²) in [5.74, 6) is 1.74. The highest BCUT2D eigenvalue weighted by atomic mass is 15.2. The largest absolute Gasteiger partial charge is 0.316 e. The average Bonchev–Trinajstić information content (AvgIpc) is 2.99. The lowest BCUT2D eigenvalue weighted by Gasteiger charge is -2.35. The lowest BCUT2D eigenvalue weighted by atomic mass is 9.91. The summed E-state index contributed by atoms with van der Waals surface area (Å²) in [5, 5.41) is 3.61. The van der Waals surface area contributed by atoms with Gasteiger partial charge in [-0.15, -0.1) is 0 Å². The average molecular weight is 254 g/mol. The van der Waals surface area contributed by atoms with Crippen molar-refractivity contribution in [3.05, 3.63) is 0 Å². The Hall–Kier alpha value is -0.0800. The molecule has 0 spiro atoms. The van der Waals surface area contributed by atoms with Crippen LogP contribution in [0.25, 0.3) is 0 Å². The normalized spacial score (nSPS) is 17.2. The molecule has 0 amide bonds. The molecule has 0 aliphatic heterocycles. The first kappa shape index (κ1) is 16.0. The topological polar surface area (TPSA) is 15.3 Å². The number of nitrogens with zero attached hydrogens (tertiary/aromatic N) is 1. The second kappa shape index (κ2) is 6.91. The molecule has 0 aromatic rings. The van der Waals surface area contributed by atoms with Crippen LogP contribution in [0.3, 0.4) is 0 Å². The van der Waals surface area contributed by atoms with E-state index in [2.05, 4.69) is 51.8 Å². The summed E-state index contributed by atoms with van der Waals surface area (Å²) < 4.78 is 0. The van der Waals surface area contributed by atoms with Gasteiger partial charge in [0.1, 0.15) is 0 Å². The third-order valence-electron chi connectivity index (χ3n) is 3.71. The van der Waals surface area contributed by atoms with Gasteiger partial charge in [0.05, 0.1) is 0 Å². The van der Waals surface area contributed by atoms with Gasteiger partial charge in [0.25, 0.3) is 0 Å². The van der Waals surface area contributed by atoms with E-state index in [0.717, 1.165) is 24.9 Å². The lowest BCUT2D eigenvalue weighted by molar-refractivity contribution is 0.136. The van der Waals surface area contributed by atoms with Crippen LogP contribution in [0.5, 0.6) is 0 Å². The summed E-state index contributed by atoms with van der Waals surface area (Å²) in [6, 6.07) is 0.676. The van der Waals surface area contributed by atoms with E-state index in [1.165, 1.54) is 25.9 Å². The molecule has 1 saturated carbocycles. The molecule has 1 N–H and O–H groups in total. The first-order chi connectivity index (χ1) is 8.30. The number of nitrogens with one attached hydrogen (secondary N) is 1. The van der Waals surface area contributed by atoms with E-state index in [4.69, 9.17) is 0 Å². The number of rotatable bonds is 9. The van der Waals surface area contributed by atoms with Crippen LogP contribution in [-0.4, -0.2) is 37.1 Å². The van der Waals surface area contributed by atoms with Gasteiger partial charge < -0.3 is 10.2 Å². The zero-order chi connectivity index (χ0) is 13.8. The standard InChI is InChI=1S/C16H34N2/c1-13(2)9-17-11-16(5,6)12-18(14(3)4)10-15-7-8-15/h13-15,17H,7-12H2,1-6H3. The SMILES string of the molecule is CC(C)CNCC(C)(C)CN(CC1CC1)C(C)C. The molecule has 0 aromatic carbocycles.